The van der Waals surface area contributed by atoms with E-state index in [4.69, 9.17) is 0 Å². The van der Waals surface area contributed by atoms with E-state index < -0.39 is 0 Å². The van der Waals surface area contributed by atoms with Gasteiger partial charge in [0.05, 0.1) is 0 Å². The van der Waals surface area contributed by atoms with Crippen LogP contribution in [0, 0.1) is 11.8 Å². The maximum Gasteiger partial charge on any atom is -0.0169 e. The second kappa shape index (κ2) is 5.20. The molecule has 1 saturated carbocycles. The van der Waals surface area contributed by atoms with Crippen molar-refractivity contribution in [1.29, 1.82) is 0 Å². The van der Waals surface area contributed by atoms with E-state index in [0.717, 1.165) is 17.5 Å². The van der Waals surface area contributed by atoms with Crippen molar-refractivity contribution in [3.05, 3.63) is 0 Å². The molecule has 0 N–H and O–H groups in total. The SMILES string of the molecule is CC(C)C1CCCC1P(C(C)(C)C)C(C)(C)C. The van der Waals surface area contributed by atoms with Crippen LogP contribution >= 0.6 is 7.92 Å². The predicted molar refractivity (Wildman–Crippen MR) is 82.4 cm³/mol. The third-order valence-corrected chi connectivity index (χ3v) is 8.36. The Morgan fingerprint density at radius 2 is 1.35 bits per heavy atom. The van der Waals surface area contributed by atoms with E-state index in [2.05, 4.69) is 55.4 Å². The Hall–Kier alpha value is 0.430. The predicted octanol–water partition coefficient (Wildman–Crippen LogP) is 5.89. The van der Waals surface area contributed by atoms with Gasteiger partial charge < -0.3 is 0 Å². The maximum absolute atomic E-state index is 2.47. The lowest BCUT2D eigenvalue weighted by Crippen LogP contribution is -2.34. The molecule has 102 valence electrons. The average molecular weight is 256 g/mol. The monoisotopic (exact) mass is 256 g/mol. The molecule has 0 saturated heterocycles. The average Bonchev–Trinajstić information content (AvgIpc) is 2.46. The zero-order chi connectivity index (χ0) is 13.4. The molecule has 0 aromatic rings. The van der Waals surface area contributed by atoms with Crippen molar-refractivity contribution in [3.63, 3.8) is 0 Å². The van der Waals surface area contributed by atoms with Gasteiger partial charge in [-0.25, -0.2) is 0 Å². The lowest BCUT2D eigenvalue weighted by atomic mass is 9.94. The Labute approximate surface area is 111 Å². The molecule has 2 unspecified atom stereocenters. The molecular formula is C16H33P. The molecule has 1 aliphatic rings. The van der Waals surface area contributed by atoms with Crippen molar-refractivity contribution in [2.24, 2.45) is 11.8 Å². The molecular weight excluding hydrogens is 223 g/mol. The van der Waals surface area contributed by atoms with Crippen LogP contribution < -0.4 is 0 Å². The van der Waals surface area contributed by atoms with E-state index in [0.29, 0.717) is 10.3 Å². The van der Waals surface area contributed by atoms with E-state index in [1.54, 1.807) is 0 Å². The minimum Gasteiger partial charge on any atom is -0.0922 e. The normalized spacial score (nSPS) is 27.2. The van der Waals surface area contributed by atoms with Crippen LogP contribution in [-0.4, -0.2) is 16.0 Å². The highest BCUT2D eigenvalue weighted by molar-refractivity contribution is 7.61. The summed E-state index contributed by atoms with van der Waals surface area (Å²) in [6.45, 7) is 19.7. The molecule has 1 heteroatoms. The van der Waals surface area contributed by atoms with E-state index >= 15 is 0 Å². The Kier molecular flexibility index (Phi) is 4.74. The van der Waals surface area contributed by atoms with Crippen LogP contribution in [0.3, 0.4) is 0 Å². The first-order valence-corrected chi connectivity index (χ1v) is 8.75. The first-order chi connectivity index (χ1) is 7.55. The summed E-state index contributed by atoms with van der Waals surface area (Å²) in [5.41, 5.74) is 1.00. The van der Waals surface area contributed by atoms with Crippen LogP contribution in [0.5, 0.6) is 0 Å². The molecule has 0 radical (unpaired) electrons. The number of hydrogen-bond acceptors (Lipinski definition) is 0. The van der Waals surface area contributed by atoms with Gasteiger partial charge in [0.1, 0.15) is 0 Å². The number of rotatable bonds is 2. The third-order valence-electron chi connectivity index (χ3n) is 4.16. The molecule has 1 aliphatic carbocycles. The van der Waals surface area contributed by atoms with Crippen molar-refractivity contribution in [2.45, 2.75) is 90.6 Å². The smallest absolute Gasteiger partial charge is 0.0169 e. The molecule has 0 aliphatic heterocycles. The third kappa shape index (κ3) is 3.69. The largest absolute Gasteiger partial charge is 0.0922 e. The Balaban J connectivity index is 2.99. The highest BCUT2D eigenvalue weighted by Gasteiger charge is 2.45. The van der Waals surface area contributed by atoms with Crippen molar-refractivity contribution in [2.75, 3.05) is 0 Å². The molecule has 1 rings (SSSR count). The van der Waals surface area contributed by atoms with Crippen LogP contribution in [0.2, 0.25) is 0 Å². The molecule has 0 nitrogen and oxygen atoms in total. The Bertz CT molecular complexity index is 227. The first-order valence-electron chi connectivity index (χ1n) is 7.34. The molecule has 0 aromatic carbocycles. The van der Waals surface area contributed by atoms with Gasteiger partial charge in [0.15, 0.2) is 0 Å². The fraction of sp³-hybridized carbons (Fsp3) is 1.00. The highest BCUT2D eigenvalue weighted by atomic mass is 31.1. The summed E-state index contributed by atoms with van der Waals surface area (Å²) in [4.78, 5) is 0. The zero-order valence-electron chi connectivity index (χ0n) is 13.3. The minimum absolute atomic E-state index is 0.0844. The zero-order valence-corrected chi connectivity index (χ0v) is 14.2. The van der Waals surface area contributed by atoms with Gasteiger partial charge in [-0.2, -0.15) is 0 Å². The van der Waals surface area contributed by atoms with Crippen molar-refractivity contribution < 1.29 is 0 Å². The van der Waals surface area contributed by atoms with Gasteiger partial charge in [0.2, 0.25) is 0 Å². The van der Waals surface area contributed by atoms with Crippen LogP contribution in [0.4, 0.5) is 0 Å². The van der Waals surface area contributed by atoms with Crippen LogP contribution in [0.25, 0.3) is 0 Å². The van der Waals surface area contributed by atoms with Gasteiger partial charge in [0, 0.05) is 0 Å². The van der Waals surface area contributed by atoms with Crippen LogP contribution in [0.1, 0.15) is 74.7 Å². The minimum atomic E-state index is 0.0844. The molecule has 2 atom stereocenters. The highest BCUT2D eigenvalue weighted by Crippen LogP contribution is 2.67. The summed E-state index contributed by atoms with van der Waals surface area (Å²) in [5.74, 6) is 1.86. The summed E-state index contributed by atoms with van der Waals surface area (Å²) >= 11 is 0. The van der Waals surface area contributed by atoms with Gasteiger partial charge >= 0.3 is 0 Å². The maximum atomic E-state index is 2.47. The summed E-state index contributed by atoms with van der Waals surface area (Å²) in [6, 6.07) is 0. The van der Waals surface area contributed by atoms with E-state index in [9.17, 15) is 0 Å². The van der Waals surface area contributed by atoms with Crippen LogP contribution in [0.15, 0.2) is 0 Å². The lowest BCUT2D eigenvalue weighted by molar-refractivity contribution is 0.396. The van der Waals surface area contributed by atoms with Crippen LogP contribution in [-0.2, 0) is 0 Å². The van der Waals surface area contributed by atoms with Crippen molar-refractivity contribution in [1.82, 2.24) is 0 Å². The van der Waals surface area contributed by atoms with Gasteiger partial charge in [-0.05, 0) is 40.6 Å². The number of hydrogen-bond donors (Lipinski definition) is 0. The molecule has 0 amide bonds. The van der Waals surface area contributed by atoms with Crippen molar-refractivity contribution in [3.8, 4) is 0 Å². The quantitative estimate of drug-likeness (QED) is 0.540. The topological polar surface area (TPSA) is 0 Å². The van der Waals surface area contributed by atoms with E-state index in [1.807, 2.05) is 0 Å². The van der Waals surface area contributed by atoms with E-state index in [1.165, 1.54) is 19.3 Å². The Morgan fingerprint density at radius 3 is 1.71 bits per heavy atom. The summed E-state index contributed by atoms with van der Waals surface area (Å²) in [6.07, 6.45) is 4.44. The second-order valence-corrected chi connectivity index (χ2v) is 12.2. The fourth-order valence-electron chi connectivity index (χ4n) is 4.07. The molecule has 0 spiro atoms. The molecule has 17 heavy (non-hydrogen) atoms. The first kappa shape index (κ1) is 15.5. The Morgan fingerprint density at radius 1 is 0.882 bits per heavy atom. The lowest BCUT2D eigenvalue weighted by Gasteiger charge is -2.48. The van der Waals surface area contributed by atoms with Gasteiger partial charge in [-0.1, -0.05) is 69.7 Å². The second-order valence-electron chi connectivity index (χ2n) is 8.12. The fourth-order valence-corrected chi connectivity index (χ4v) is 9.39. The standard InChI is InChI=1S/C16H33P/c1-12(2)13-10-9-11-14(13)17(15(3,4)5)16(6,7)8/h12-14H,9-11H2,1-8H3. The summed E-state index contributed by atoms with van der Waals surface area (Å²) < 4.78 is 0. The van der Waals surface area contributed by atoms with Gasteiger partial charge in [0.25, 0.3) is 0 Å². The molecule has 0 heterocycles. The molecule has 1 fully saturated rings. The van der Waals surface area contributed by atoms with Crippen molar-refractivity contribution >= 4 is 7.92 Å². The van der Waals surface area contributed by atoms with Gasteiger partial charge in [-0.15, -0.1) is 0 Å². The summed E-state index contributed by atoms with van der Waals surface area (Å²) in [5, 5.41) is 0.992. The summed E-state index contributed by atoms with van der Waals surface area (Å²) in [7, 11) is 0.0844. The van der Waals surface area contributed by atoms with E-state index in [-0.39, 0.29) is 7.92 Å². The molecule has 0 aromatic heterocycles. The molecule has 0 bridgehead atoms. The van der Waals surface area contributed by atoms with Gasteiger partial charge in [-0.3, -0.25) is 0 Å².